The highest BCUT2D eigenvalue weighted by Crippen LogP contribution is 2.38. The Hall–Kier alpha value is -3.65. The summed E-state index contributed by atoms with van der Waals surface area (Å²) in [6.45, 7) is -0.0672. The third kappa shape index (κ3) is 4.97. The number of carbonyl (C=O) groups is 2. The molecule has 3 aromatic carbocycles. The number of benzene rings is 3. The van der Waals surface area contributed by atoms with Gasteiger partial charge in [-0.15, -0.1) is 0 Å². The number of ether oxygens (including phenoxy) is 1. The summed E-state index contributed by atoms with van der Waals surface area (Å²) >= 11 is 0. The van der Waals surface area contributed by atoms with Gasteiger partial charge >= 0.3 is 19.7 Å². The molecule has 1 amide bonds. The van der Waals surface area contributed by atoms with E-state index in [-0.39, 0.29) is 17.9 Å². The second-order valence-corrected chi connectivity index (χ2v) is 9.52. The van der Waals surface area contributed by atoms with Crippen molar-refractivity contribution in [1.29, 1.82) is 0 Å². The molecule has 1 aliphatic carbocycles. The quantitative estimate of drug-likeness (QED) is 0.252. The van der Waals surface area contributed by atoms with Crippen molar-refractivity contribution in [2.24, 2.45) is 0 Å². The van der Waals surface area contributed by atoms with Crippen LogP contribution in [0.3, 0.4) is 0 Å². The minimum atomic E-state index is -4.79. The van der Waals surface area contributed by atoms with E-state index in [1.54, 1.807) is 0 Å². The van der Waals surface area contributed by atoms with Gasteiger partial charge in [0.2, 0.25) is 0 Å². The van der Waals surface area contributed by atoms with E-state index in [0.717, 1.165) is 28.3 Å². The van der Waals surface area contributed by atoms with Crippen molar-refractivity contribution in [2.75, 3.05) is 0 Å². The fourth-order valence-corrected chi connectivity index (χ4v) is 4.94. The van der Waals surface area contributed by atoms with Crippen molar-refractivity contribution >= 4 is 25.0 Å². The molecule has 10 heteroatoms. The second kappa shape index (κ2) is 9.30. The highest BCUT2D eigenvalue weighted by Gasteiger charge is 2.28. The zero-order valence-electron chi connectivity index (χ0n) is 17.8. The Morgan fingerprint density at radius 1 is 1.00 bits per heavy atom. The third-order valence-electron chi connectivity index (χ3n) is 5.70. The molecule has 4 rings (SSSR count). The molecular weight excluding hydrogens is 461 g/mol. The summed E-state index contributed by atoms with van der Waals surface area (Å²) in [5, 5.41) is 20.8. The predicted molar refractivity (Wildman–Crippen MR) is 123 cm³/mol. The lowest BCUT2D eigenvalue weighted by atomic mass is 10.0. The Morgan fingerprint density at radius 2 is 1.74 bits per heavy atom. The molecule has 0 saturated carbocycles. The molecule has 1 atom stereocenters. The van der Waals surface area contributed by atoms with Gasteiger partial charge in [0, 0.05) is 6.42 Å². The van der Waals surface area contributed by atoms with Crippen LogP contribution in [0, 0.1) is 0 Å². The molecule has 0 bridgehead atoms. The third-order valence-corrected chi connectivity index (χ3v) is 6.75. The first-order valence-corrected chi connectivity index (χ1v) is 12.0. The van der Waals surface area contributed by atoms with E-state index < -0.39 is 37.4 Å². The molecule has 9 nitrogen and oxygen atoms in total. The number of amides is 1. The molecule has 34 heavy (non-hydrogen) atoms. The van der Waals surface area contributed by atoms with Gasteiger partial charge < -0.3 is 30.1 Å². The highest BCUT2D eigenvalue weighted by molar-refractivity contribution is 7.60. The molecular formula is C24H22NO8P. The van der Waals surface area contributed by atoms with Crippen LogP contribution in [0.5, 0.6) is 5.75 Å². The summed E-state index contributed by atoms with van der Waals surface area (Å²) in [4.78, 5) is 43.1. The molecule has 0 radical (unpaired) electrons. The zero-order valence-corrected chi connectivity index (χ0v) is 18.7. The van der Waals surface area contributed by atoms with E-state index in [1.165, 1.54) is 17.7 Å². The summed E-state index contributed by atoms with van der Waals surface area (Å²) in [5.41, 5.74) is 5.20. The van der Waals surface area contributed by atoms with Crippen LogP contribution in [0.4, 0.5) is 4.79 Å². The van der Waals surface area contributed by atoms with Crippen molar-refractivity contribution in [3.63, 3.8) is 0 Å². The van der Waals surface area contributed by atoms with Crippen LogP contribution in [-0.2, 0) is 33.5 Å². The van der Waals surface area contributed by atoms with E-state index in [9.17, 15) is 34.2 Å². The second-order valence-electron chi connectivity index (χ2n) is 7.95. The number of alkyl carbamates (subject to hydrolysis) is 1. The Balaban J connectivity index is 1.45. The molecule has 0 spiro atoms. The van der Waals surface area contributed by atoms with Gasteiger partial charge in [0.1, 0.15) is 18.4 Å². The Bertz CT molecular complexity index is 1320. The molecule has 1 aliphatic rings. The fourth-order valence-electron chi connectivity index (χ4n) is 4.10. The number of hydrogen-bond acceptors (Lipinski definition) is 5. The summed E-state index contributed by atoms with van der Waals surface area (Å²) in [6.07, 6.45) is -0.686. The van der Waals surface area contributed by atoms with Crippen molar-refractivity contribution in [3.05, 3.63) is 82.9 Å². The first-order chi connectivity index (χ1) is 16.1. The molecule has 0 fully saturated rings. The lowest BCUT2D eigenvalue weighted by Crippen LogP contribution is -2.43. The maximum atomic E-state index is 12.4. The van der Waals surface area contributed by atoms with Crippen molar-refractivity contribution < 1.29 is 38.9 Å². The highest BCUT2D eigenvalue weighted by atomic mass is 31.2. The number of aliphatic carboxylic acids is 1. The van der Waals surface area contributed by atoms with E-state index in [1.807, 2.05) is 42.5 Å². The first kappa shape index (κ1) is 23.5. The van der Waals surface area contributed by atoms with Gasteiger partial charge in [0.05, 0.1) is 5.30 Å². The molecule has 5 N–H and O–H groups in total. The molecule has 3 aromatic rings. The van der Waals surface area contributed by atoms with Gasteiger partial charge in [-0.25, -0.2) is 9.59 Å². The molecule has 0 saturated heterocycles. The van der Waals surface area contributed by atoms with Crippen molar-refractivity contribution in [1.82, 2.24) is 5.32 Å². The number of phenolic OH excluding ortho intramolecular Hbond substituents is 1. The van der Waals surface area contributed by atoms with Gasteiger partial charge in [-0.05, 0) is 51.9 Å². The van der Waals surface area contributed by atoms with E-state index in [2.05, 4.69) is 5.32 Å². The number of hydrogen-bond donors (Lipinski definition) is 5. The number of phenols is 1. The fraction of sp³-hybridized carbons (Fsp3) is 0.167. The molecule has 0 heterocycles. The van der Waals surface area contributed by atoms with E-state index in [0.29, 0.717) is 6.42 Å². The van der Waals surface area contributed by atoms with Crippen LogP contribution in [0.1, 0.15) is 22.3 Å². The maximum Gasteiger partial charge on any atom is 0.408 e. The summed E-state index contributed by atoms with van der Waals surface area (Å²) in [6, 6.07) is 15.5. The topological polar surface area (TPSA) is 153 Å². The lowest BCUT2D eigenvalue weighted by Gasteiger charge is -2.18. The molecule has 0 unspecified atom stereocenters. The summed E-state index contributed by atoms with van der Waals surface area (Å²) in [7, 11) is -4.79. The smallest absolute Gasteiger partial charge is 0.408 e. The van der Waals surface area contributed by atoms with Gasteiger partial charge in [-0.3, -0.25) is 4.57 Å². The average molecular weight is 483 g/mol. The van der Waals surface area contributed by atoms with Crippen molar-refractivity contribution in [2.45, 2.75) is 25.5 Å². The van der Waals surface area contributed by atoms with E-state index >= 15 is 0 Å². The SMILES string of the molecule is O=C(N[C@@H](Cc1ccc(O)cc1P(=O)(O)O)C(=O)O)OCc1cccc2c1Cc1ccccc1-2. The first-order valence-electron chi connectivity index (χ1n) is 10.4. The average Bonchev–Trinajstić information content (AvgIpc) is 3.17. The number of carboxylic acid groups (broad SMARTS) is 1. The number of aromatic hydroxyl groups is 1. The van der Waals surface area contributed by atoms with Gasteiger partial charge in [-0.1, -0.05) is 48.5 Å². The number of rotatable bonds is 7. The van der Waals surface area contributed by atoms with Gasteiger partial charge in [0.15, 0.2) is 0 Å². The van der Waals surface area contributed by atoms with E-state index in [4.69, 9.17) is 4.74 Å². The largest absolute Gasteiger partial charge is 0.508 e. The number of carboxylic acids is 1. The maximum absolute atomic E-state index is 12.4. The molecule has 0 aliphatic heterocycles. The number of fused-ring (bicyclic) bond motifs is 3. The van der Waals surface area contributed by atoms with Crippen molar-refractivity contribution in [3.8, 4) is 16.9 Å². The van der Waals surface area contributed by atoms with Gasteiger partial charge in [0.25, 0.3) is 0 Å². The normalized spacial score (nSPS) is 13.0. The van der Waals surface area contributed by atoms with Crippen LogP contribution in [0.2, 0.25) is 0 Å². The molecule has 176 valence electrons. The summed E-state index contributed by atoms with van der Waals surface area (Å²) in [5.74, 6) is -1.78. The number of carbonyl (C=O) groups excluding carboxylic acids is 1. The zero-order chi connectivity index (χ0) is 24.5. The predicted octanol–water partition coefficient (Wildman–Crippen LogP) is 2.69. The Kier molecular flexibility index (Phi) is 6.43. The monoisotopic (exact) mass is 483 g/mol. The molecule has 0 aromatic heterocycles. The van der Waals surface area contributed by atoms with Crippen LogP contribution >= 0.6 is 7.60 Å². The van der Waals surface area contributed by atoms with Crippen LogP contribution in [-0.4, -0.2) is 38.1 Å². The van der Waals surface area contributed by atoms with Crippen LogP contribution < -0.4 is 10.6 Å². The van der Waals surface area contributed by atoms with Crippen LogP contribution in [0.15, 0.2) is 60.7 Å². The Labute approximate surface area is 194 Å². The van der Waals surface area contributed by atoms with Crippen LogP contribution in [0.25, 0.3) is 11.1 Å². The Morgan fingerprint density at radius 3 is 2.47 bits per heavy atom. The summed E-state index contributed by atoms with van der Waals surface area (Å²) < 4.78 is 17.0. The minimum Gasteiger partial charge on any atom is -0.508 e. The standard InChI is InChI=1S/C24H22NO8P/c26-17-9-8-15(22(12-17)34(30,31)32)11-21(23(27)28)25-24(29)33-13-16-5-3-7-19-18-6-2-1-4-14(18)10-20(16)19/h1-9,12,21,26H,10-11,13H2,(H,25,29)(H,27,28)(H2,30,31,32)/t21-/m0/s1. The lowest BCUT2D eigenvalue weighted by molar-refractivity contribution is -0.139. The minimum absolute atomic E-state index is 0.0162. The number of nitrogens with one attached hydrogen (secondary N) is 1. The van der Waals surface area contributed by atoms with Gasteiger partial charge in [-0.2, -0.15) is 0 Å².